The molecule has 7 nitrogen and oxygen atoms in total. The van der Waals surface area contributed by atoms with Gasteiger partial charge in [-0.15, -0.1) is 0 Å². The fourth-order valence-electron chi connectivity index (χ4n) is 3.02. The molecule has 0 saturated heterocycles. The Morgan fingerprint density at radius 3 is 2.70 bits per heavy atom. The van der Waals surface area contributed by atoms with Crippen molar-refractivity contribution in [1.82, 2.24) is 24.4 Å². The molecule has 0 aromatic carbocycles. The van der Waals surface area contributed by atoms with Crippen LogP contribution in [0, 0.1) is 18.3 Å². The van der Waals surface area contributed by atoms with Gasteiger partial charge in [-0.1, -0.05) is 0 Å². The summed E-state index contributed by atoms with van der Waals surface area (Å²) in [7, 11) is 1.79. The molecule has 0 saturated carbocycles. The van der Waals surface area contributed by atoms with E-state index in [-0.39, 0.29) is 13.1 Å². The topological polar surface area (TPSA) is 88.5 Å². The number of alkyl halides is 3. The van der Waals surface area contributed by atoms with Gasteiger partial charge in [-0.25, -0.2) is 9.97 Å². The average molecular weight is 376 g/mol. The number of carbonyl (C=O) groups is 1. The van der Waals surface area contributed by atoms with Gasteiger partial charge in [0, 0.05) is 26.3 Å². The van der Waals surface area contributed by atoms with Gasteiger partial charge in [0.2, 0.25) is 0 Å². The highest BCUT2D eigenvalue weighted by molar-refractivity contribution is 5.92. The number of carbonyl (C=O) groups excluding carboxylic acids is 1. The molecule has 140 valence electrons. The van der Waals surface area contributed by atoms with E-state index in [1.54, 1.807) is 41.4 Å². The monoisotopic (exact) mass is 376 g/mol. The highest BCUT2D eigenvalue weighted by Crippen LogP contribution is 2.33. The molecular weight excluding hydrogens is 361 g/mol. The Labute approximate surface area is 152 Å². The maximum Gasteiger partial charge on any atom is 0.471 e. The number of nitrogens with zero attached hydrogens (tertiary/aromatic N) is 5. The van der Waals surface area contributed by atoms with E-state index < -0.39 is 12.1 Å². The highest BCUT2D eigenvalue weighted by Gasteiger charge is 2.38. The molecule has 0 atom stereocenters. The summed E-state index contributed by atoms with van der Waals surface area (Å²) in [5, 5.41) is 11.5. The van der Waals surface area contributed by atoms with Crippen molar-refractivity contribution in [3.05, 3.63) is 35.9 Å². The lowest BCUT2D eigenvalue weighted by atomic mass is 10.2. The molecule has 0 radical (unpaired) electrons. The van der Waals surface area contributed by atoms with Gasteiger partial charge in [-0.05, 0) is 19.1 Å². The van der Waals surface area contributed by atoms with Crippen molar-refractivity contribution in [3.8, 4) is 17.5 Å². The Bertz CT molecular complexity index is 1060. The number of nitriles is 1. The Morgan fingerprint density at radius 1 is 1.37 bits per heavy atom. The smallest absolute Gasteiger partial charge is 0.349 e. The van der Waals surface area contributed by atoms with Crippen LogP contribution in [0.3, 0.4) is 0 Å². The Balaban J connectivity index is 2.11. The van der Waals surface area contributed by atoms with Crippen LogP contribution < -0.4 is 5.32 Å². The summed E-state index contributed by atoms with van der Waals surface area (Å²) >= 11 is 0. The van der Waals surface area contributed by atoms with E-state index in [4.69, 9.17) is 0 Å². The fraction of sp³-hybridized carbons (Fsp3) is 0.294. The lowest BCUT2D eigenvalue weighted by Crippen LogP contribution is -2.38. The summed E-state index contributed by atoms with van der Waals surface area (Å²) in [5.41, 5.74) is 3.07. The summed E-state index contributed by atoms with van der Waals surface area (Å²) in [6.07, 6.45) is -1.82. The third-order valence-corrected chi connectivity index (χ3v) is 4.20. The van der Waals surface area contributed by atoms with Crippen LogP contribution in [-0.4, -0.2) is 37.7 Å². The van der Waals surface area contributed by atoms with Crippen LogP contribution in [0.4, 0.5) is 13.2 Å². The predicted molar refractivity (Wildman–Crippen MR) is 90.5 cm³/mol. The van der Waals surface area contributed by atoms with Crippen molar-refractivity contribution in [1.29, 1.82) is 5.26 Å². The van der Waals surface area contributed by atoms with E-state index in [1.807, 2.05) is 5.32 Å². The number of amides is 1. The number of aryl methyl sites for hydroxylation is 2. The van der Waals surface area contributed by atoms with E-state index >= 15 is 0 Å². The van der Waals surface area contributed by atoms with Crippen molar-refractivity contribution in [2.24, 2.45) is 7.05 Å². The molecular formula is C17H15F3N6O. The largest absolute Gasteiger partial charge is 0.471 e. The van der Waals surface area contributed by atoms with E-state index in [1.165, 1.54) is 6.33 Å². The molecule has 10 heteroatoms. The summed E-state index contributed by atoms with van der Waals surface area (Å²) in [6.45, 7) is 1.48. The first kappa shape index (κ1) is 18.4. The fourth-order valence-corrected chi connectivity index (χ4v) is 3.02. The molecule has 0 aliphatic rings. The van der Waals surface area contributed by atoms with Crippen molar-refractivity contribution < 1.29 is 18.0 Å². The predicted octanol–water partition coefficient (Wildman–Crippen LogP) is 2.30. The number of fused-ring (bicyclic) bond motifs is 1. The van der Waals surface area contributed by atoms with Gasteiger partial charge in [0.25, 0.3) is 0 Å². The number of hydrogen-bond acceptors (Lipinski definition) is 4. The minimum atomic E-state index is -4.95. The second kappa shape index (κ2) is 6.75. The first-order chi connectivity index (χ1) is 12.8. The van der Waals surface area contributed by atoms with E-state index in [9.17, 15) is 23.2 Å². The summed E-state index contributed by atoms with van der Waals surface area (Å²) < 4.78 is 40.7. The third-order valence-electron chi connectivity index (χ3n) is 4.20. The van der Waals surface area contributed by atoms with Crippen molar-refractivity contribution in [3.63, 3.8) is 0 Å². The summed E-state index contributed by atoms with van der Waals surface area (Å²) in [4.78, 5) is 19.4. The zero-order valence-corrected chi connectivity index (χ0v) is 14.5. The number of nitrogens with one attached hydrogen (secondary N) is 1. The molecule has 3 rings (SSSR count). The van der Waals surface area contributed by atoms with Crippen molar-refractivity contribution in [2.75, 3.05) is 6.54 Å². The quantitative estimate of drug-likeness (QED) is 0.757. The summed E-state index contributed by atoms with van der Waals surface area (Å²) in [5.74, 6) is -2.01. The second-order valence-electron chi connectivity index (χ2n) is 5.90. The maximum absolute atomic E-state index is 12.4. The minimum Gasteiger partial charge on any atom is -0.349 e. The van der Waals surface area contributed by atoms with Gasteiger partial charge >= 0.3 is 12.1 Å². The van der Waals surface area contributed by atoms with Crippen LogP contribution in [0.15, 0.2) is 24.7 Å². The normalized spacial score (nSPS) is 11.6. The minimum absolute atomic E-state index is 0.0225. The molecule has 3 aromatic heterocycles. The zero-order chi connectivity index (χ0) is 19.8. The molecule has 0 aliphatic carbocycles. The Kier molecular flexibility index (Phi) is 4.61. The second-order valence-corrected chi connectivity index (χ2v) is 5.90. The number of halogens is 3. The molecule has 3 heterocycles. The lowest BCUT2D eigenvalue weighted by molar-refractivity contribution is -0.173. The molecule has 1 amide bonds. The van der Waals surface area contributed by atoms with Crippen LogP contribution in [0.25, 0.3) is 22.4 Å². The van der Waals surface area contributed by atoms with E-state index in [2.05, 4.69) is 16.0 Å². The van der Waals surface area contributed by atoms with Gasteiger partial charge < -0.3 is 14.5 Å². The third kappa shape index (κ3) is 3.23. The molecule has 27 heavy (non-hydrogen) atoms. The van der Waals surface area contributed by atoms with Gasteiger partial charge in [-0.3, -0.25) is 4.79 Å². The van der Waals surface area contributed by atoms with Gasteiger partial charge in [0.05, 0.1) is 22.6 Å². The molecule has 0 fully saturated rings. The highest BCUT2D eigenvalue weighted by atomic mass is 19.4. The van der Waals surface area contributed by atoms with Crippen LogP contribution in [-0.2, 0) is 18.4 Å². The maximum atomic E-state index is 12.4. The van der Waals surface area contributed by atoms with Crippen LogP contribution >= 0.6 is 0 Å². The SMILES string of the molecule is Cc1ncnc2c(C#N)c(-c3cccn3C)n(CCNC(=O)C(F)(F)F)c12. The number of rotatable bonds is 4. The van der Waals surface area contributed by atoms with E-state index in [0.717, 1.165) is 0 Å². The summed E-state index contributed by atoms with van der Waals surface area (Å²) in [6, 6.07) is 5.72. The van der Waals surface area contributed by atoms with Gasteiger partial charge in [-0.2, -0.15) is 18.4 Å². The molecule has 0 unspecified atom stereocenters. The zero-order valence-electron chi connectivity index (χ0n) is 14.5. The standard InChI is InChI=1S/C17H15F3N6O/c1-10-14-13(24-9-23-10)11(8-21)15(12-4-3-6-25(12)2)26(14)7-5-22-16(27)17(18,19)20/h3-4,6,9H,5,7H2,1-2H3,(H,22,27). The van der Waals surface area contributed by atoms with Crippen molar-refractivity contribution >= 4 is 16.9 Å². The lowest BCUT2D eigenvalue weighted by Gasteiger charge is -2.14. The molecule has 1 N–H and O–H groups in total. The number of aromatic nitrogens is 4. The van der Waals surface area contributed by atoms with Crippen LogP contribution in [0.2, 0.25) is 0 Å². The molecule has 0 bridgehead atoms. The average Bonchev–Trinajstić information content (AvgIpc) is 3.15. The van der Waals surface area contributed by atoms with Gasteiger partial charge in [0.1, 0.15) is 23.5 Å². The van der Waals surface area contributed by atoms with Crippen molar-refractivity contribution in [2.45, 2.75) is 19.6 Å². The molecule has 0 spiro atoms. The Hall–Kier alpha value is -3.35. The van der Waals surface area contributed by atoms with Gasteiger partial charge in [0.15, 0.2) is 0 Å². The first-order valence-corrected chi connectivity index (χ1v) is 7.96. The van der Waals surface area contributed by atoms with Crippen LogP contribution in [0.5, 0.6) is 0 Å². The molecule has 0 aliphatic heterocycles. The number of hydrogen-bond donors (Lipinski definition) is 1. The molecule has 3 aromatic rings. The van der Waals surface area contributed by atoms with E-state index in [0.29, 0.717) is 33.7 Å². The first-order valence-electron chi connectivity index (χ1n) is 7.96. The Morgan fingerprint density at radius 2 is 2.11 bits per heavy atom. The van der Waals surface area contributed by atoms with Crippen LogP contribution in [0.1, 0.15) is 11.3 Å².